The van der Waals surface area contributed by atoms with Crippen LogP contribution in [0.5, 0.6) is 0 Å². The lowest BCUT2D eigenvalue weighted by molar-refractivity contribution is 0.233. The van der Waals surface area contributed by atoms with E-state index in [1.807, 2.05) is 0 Å². The van der Waals surface area contributed by atoms with Crippen LogP contribution in [0, 0.1) is 12.8 Å². The fourth-order valence-corrected chi connectivity index (χ4v) is 5.02. The van der Waals surface area contributed by atoms with Crippen LogP contribution in [0.25, 0.3) is 0 Å². The summed E-state index contributed by atoms with van der Waals surface area (Å²) in [5, 5.41) is 0. The number of nitrogen functional groups attached to an aromatic ring is 1. The van der Waals surface area contributed by atoms with Gasteiger partial charge >= 0.3 is 0 Å². The van der Waals surface area contributed by atoms with Crippen LogP contribution >= 0.6 is 0 Å². The minimum absolute atomic E-state index is 0.0943. The number of aryl methyl sites for hydroxylation is 1. The standard InChI is InChI=1S/C16H26N2O2S/c1-4-13-8-10-14(11-9-13)18(3)21(19,20)16-12(2)6-5-7-15(16)17/h5-7,13-14H,4,8-11,17H2,1-3H3. The van der Waals surface area contributed by atoms with Crippen molar-refractivity contribution in [3.63, 3.8) is 0 Å². The SMILES string of the molecule is CCC1CCC(N(C)S(=O)(=O)c2c(C)cccc2N)CC1. The molecule has 4 nitrogen and oxygen atoms in total. The molecule has 5 heteroatoms. The number of nitrogens with two attached hydrogens (primary N) is 1. The zero-order valence-corrected chi connectivity index (χ0v) is 14.0. The topological polar surface area (TPSA) is 63.4 Å². The second-order valence-corrected chi connectivity index (χ2v) is 8.03. The number of hydrogen-bond acceptors (Lipinski definition) is 3. The average molecular weight is 310 g/mol. The first-order valence-electron chi connectivity index (χ1n) is 7.71. The molecule has 0 atom stereocenters. The molecule has 0 radical (unpaired) electrons. The van der Waals surface area contributed by atoms with Crippen molar-refractivity contribution >= 4 is 15.7 Å². The van der Waals surface area contributed by atoms with Crippen molar-refractivity contribution in [2.45, 2.75) is 56.9 Å². The van der Waals surface area contributed by atoms with Crippen LogP contribution in [0.1, 0.15) is 44.6 Å². The van der Waals surface area contributed by atoms with E-state index in [0.717, 1.165) is 31.6 Å². The Morgan fingerprint density at radius 3 is 2.38 bits per heavy atom. The van der Waals surface area contributed by atoms with Crippen molar-refractivity contribution in [2.75, 3.05) is 12.8 Å². The van der Waals surface area contributed by atoms with E-state index in [1.54, 1.807) is 32.2 Å². The predicted molar refractivity (Wildman–Crippen MR) is 86.6 cm³/mol. The van der Waals surface area contributed by atoms with Crippen molar-refractivity contribution in [3.8, 4) is 0 Å². The van der Waals surface area contributed by atoms with Crippen molar-refractivity contribution in [3.05, 3.63) is 23.8 Å². The quantitative estimate of drug-likeness (QED) is 0.869. The molecule has 118 valence electrons. The molecular formula is C16H26N2O2S. The first-order chi connectivity index (χ1) is 9.87. The van der Waals surface area contributed by atoms with Gasteiger partial charge in [0.15, 0.2) is 0 Å². The van der Waals surface area contributed by atoms with E-state index in [2.05, 4.69) is 6.92 Å². The van der Waals surface area contributed by atoms with E-state index in [9.17, 15) is 8.42 Å². The summed E-state index contributed by atoms with van der Waals surface area (Å²) in [7, 11) is -1.82. The van der Waals surface area contributed by atoms with E-state index in [4.69, 9.17) is 5.73 Å². The Labute approximate surface area is 128 Å². The second-order valence-electron chi connectivity index (χ2n) is 6.10. The first kappa shape index (κ1) is 16.3. The molecule has 0 saturated heterocycles. The van der Waals surface area contributed by atoms with Crippen LogP contribution in [0.3, 0.4) is 0 Å². The molecule has 1 fully saturated rings. The third-order valence-electron chi connectivity index (χ3n) is 4.79. The van der Waals surface area contributed by atoms with Gasteiger partial charge in [0.05, 0.1) is 5.69 Å². The van der Waals surface area contributed by atoms with Gasteiger partial charge < -0.3 is 5.73 Å². The third kappa shape index (κ3) is 3.24. The number of rotatable bonds is 4. The highest BCUT2D eigenvalue weighted by Crippen LogP contribution is 2.33. The minimum Gasteiger partial charge on any atom is -0.398 e. The number of sulfonamides is 1. The molecule has 2 N–H and O–H groups in total. The molecule has 1 aromatic rings. The maximum Gasteiger partial charge on any atom is 0.245 e. The van der Waals surface area contributed by atoms with Gasteiger partial charge in [-0.1, -0.05) is 25.5 Å². The van der Waals surface area contributed by atoms with Gasteiger partial charge in [-0.3, -0.25) is 0 Å². The maximum atomic E-state index is 12.9. The molecule has 1 aliphatic rings. The van der Waals surface area contributed by atoms with E-state index in [0.29, 0.717) is 11.3 Å². The molecule has 1 aromatic carbocycles. The summed E-state index contributed by atoms with van der Waals surface area (Å²) < 4.78 is 27.3. The summed E-state index contributed by atoms with van der Waals surface area (Å²) in [4.78, 5) is 0.269. The first-order valence-corrected chi connectivity index (χ1v) is 9.15. The smallest absolute Gasteiger partial charge is 0.245 e. The van der Waals surface area contributed by atoms with Gasteiger partial charge in [0.1, 0.15) is 4.90 Å². The third-order valence-corrected chi connectivity index (χ3v) is 6.92. The van der Waals surface area contributed by atoms with Crippen molar-refractivity contribution in [1.82, 2.24) is 4.31 Å². The van der Waals surface area contributed by atoms with Gasteiger partial charge in [-0.15, -0.1) is 0 Å². The van der Waals surface area contributed by atoms with Gasteiger partial charge in [-0.2, -0.15) is 4.31 Å². The number of hydrogen-bond donors (Lipinski definition) is 1. The lowest BCUT2D eigenvalue weighted by atomic mass is 9.85. The zero-order valence-electron chi connectivity index (χ0n) is 13.2. The number of benzene rings is 1. The van der Waals surface area contributed by atoms with Crippen LogP contribution in [-0.4, -0.2) is 25.8 Å². The molecular weight excluding hydrogens is 284 g/mol. The molecule has 0 amide bonds. The highest BCUT2D eigenvalue weighted by molar-refractivity contribution is 7.89. The summed E-state index contributed by atoms with van der Waals surface area (Å²) >= 11 is 0. The van der Waals surface area contributed by atoms with Crippen molar-refractivity contribution < 1.29 is 8.42 Å². The van der Waals surface area contributed by atoms with Gasteiger partial charge in [0.25, 0.3) is 0 Å². The van der Waals surface area contributed by atoms with Crippen LogP contribution < -0.4 is 5.73 Å². The Morgan fingerprint density at radius 1 is 1.24 bits per heavy atom. The Bertz CT molecular complexity index is 570. The molecule has 2 rings (SSSR count). The fraction of sp³-hybridized carbons (Fsp3) is 0.625. The molecule has 0 aliphatic heterocycles. The normalized spacial score (nSPS) is 23.4. The average Bonchev–Trinajstić information content (AvgIpc) is 2.46. The van der Waals surface area contributed by atoms with Crippen molar-refractivity contribution in [1.29, 1.82) is 0 Å². The van der Waals surface area contributed by atoms with Gasteiger partial charge in [0, 0.05) is 13.1 Å². The summed E-state index contributed by atoms with van der Waals surface area (Å²) in [5.74, 6) is 0.751. The fourth-order valence-electron chi connectivity index (χ4n) is 3.28. The molecule has 0 heterocycles. The summed E-state index contributed by atoms with van der Waals surface area (Å²) in [5.41, 5.74) is 6.96. The maximum absolute atomic E-state index is 12.9. The highest BCUT2D eigenvalue weighted by Gasteiger charge is 2.32. The Kier molecular flexibility index (Phi) is 4.94. The van der Waals surface area contributed by atoms with E-state index < -0.39 is 10.0 Å². The Morgan fingerprint density at radius 2 is 1.86 bits per heavy atom. The lowest BCUT2D eigenvalue weighted by Crippen LogP contribution is -2.39. The summed E-state index contributed by atoms with van der Waals surface area (Å²) in [6, 6.07) is 5.33. The molecule has 0 unspecified atom stereocenters. The molecule has 0 spiro atoms. The predicted octanol–water partition coefficient (Wildman–Crippen LogP) is 3.17. The van der Waals surface area contributed by atoms with E-state index in [1.165, 1.54) is 10.7 Å². The molecule has 1 saturated carbocycles. The number of anilines is 1. The second kappa shape index (κ2) is 6.36. The van der Waals surface area contributed by atoms with Gasteiger partial charge in [0.2, 0.25) is 10.0 Å². The van der Waals surface area contributed by atoms with Crippen molar-refractivity contribution in [2.24, 2.45) is 5.92 Å². The van der Waals surface area contributed by atoms with Gasteiger partial charge in [-0.25, -0.2) is 8.42 Å². The highest BCUT2D eigenvalue weighted by atomic mass is 32.2. The minimum atomic E-state index is -3.52. The largest absolute Gasteiger partial charge is 0.398 e. The van der Waals surface area contributed by atoms with Crippen LogP contribution in [0.2, 0.25) is 0 Å². The summed E-state index contributed by atoms with van der Waals surface area (Å²) in [6.45, 7) is 4.00. The van der Waals surface area contributed by atoms with E-state index in [-0.39, 0.29) is 10.9 Å². The molecule has 0 aromatic heterocycles. The number of nitrogens with zero attached hydrogens (tertiary/aromatic N) is 1. The Balaban J connectivity index is 2.24. The van der Waals surface area contributed by atoms with Crippen LogP contribution in [0.15, 0.2) is 23.1 Å². The van der Waals surface area contributed by atoms with Crippen LogP contribution in [-0.2, 0) is 10.0 Å². The Hall–Kier alpha value is -1.07. The van der Waals surface area contributed by atoms with Crippen LogP contribution in [0.4, 0.5) is 5.69 Å². The lowest BCUT2D eigenvalue weighted by Gasteiger charge is -2.34. The zero-order chi connectivity index (χ0) is 15.6. The molecule has 21 heavy (non-hydrogen) atoms. The molecule has 1 aliphatic carbocycles. The molecule has 0 bridgehead atoms. The van der Waals surface area contributed by atoms with E-state index >= 15 is 0 Å². The van der Waals surface area contributed by atoms with Gasteiger partial charge in [-0.05, 0) is 50.2 Å². The monoisotopic (exact) mass is 310 g/mol. The summed E-state index contributed by atoms with van der Waals surface area (Å²) in [6.07, 6.45) is 5.31.